The molecule has 24 heavy (non-hydrogen) atoms. The number of rotatable bonds is 2. The Morgan fingerprint density at radius 1 is 1.21 bits per heavy atom. The lowest BCUT2D eigenvalue weighted by atomic mass is 9.96. The molecule has 1 aliphatic rings. The molecule has 2 heterocycles. The van der Waals surface area contributed by atoms with Crippen LogP contribution in [0.4, 0.5) is 0 Å². The quantitative estimate of drug-likeness (QED) is 0.618. The summed E-state index contributed by atoms with van der Waals surface area (Å²) in [6.07, 6.45) is 1.36. The predicted molar refractivity (Wildman–Crippen MR) is 85.0 cm³/mol. The van der Waals surface area contributed by atoms with E-state index in [2.05, 4.69) is 14.9 Å². The Morgan fingerprint density at radius 3 is 2.50 bits per heavy atom. The third kappa shape index (κ3) is 3.29. The molecule has 0 spiro atoms. The van der Waals surface area contributed by atoms with E-state index in [1.165, 1.54) is 17.6 Å². The van der Waals surface area contributed by atoms with Crippen molar-refractivity contribution in [1.29, 1.82) is 0 Å². The zero-order chi connectivity index (χ0) is 17.1. The molecule has 1 fully saturated rings. The van der Waals surface area contributed by atoms with Crippen molar-refractivity contribution in [3.8, 4) is 11.4 Å². The molecule has 0 N–H and O–H groups in total. The highest BCUT2D eigenvalue weighted by Gasteiger charge is 2.30. The number of likely N-dealkylation sites (tertiary alicyclic amines) is 1. The minimum Gasteiger partial charge on any atom is -0.462 e. The fourth-order valence-corrected chi connectivity index (χ4v) is 2.77. The van der Waals surface area contributed by atoms with Gasteiger partial charge >= 0.3 is 11.9 Å². The van der Waals surface area contributed by atoms with Gasteiger partial charge in [0.05, 0.1) is 7.11 Å². The monoisotopic (exact) mass is 329 g/mol. The molecule has 7 nitrogen and oxygen atoms in total. The standard InChI is InChI=1S/C17H19N3O4/c1-11-3-5-12(6-4-11)14-18-15(24-19-14)13-7-9-20(10-8-13)16(21)17(22)23-2/h3-6,13H,7-10H2,1-2H3. The Labute approximate surface area is 139 Å². The van der Waals surface area contributed by atoms with Gasteiger partial charge < -0.3 is 14.2 Å². The molecule has 1 aromatic heterocycles. The number of hydrogen-bond acceptors (Lipinski definition) is 6. The van der Waals surface area contributed by atoms with E-state index in [0.29, 0.717) is 37.6 Å². The molecule has 1 aliphatic heterocycles. The Hall–Kier alpha value is -2.70. The molecule has 1 saturated heterocycles. The first-order valence-corrected chi connectivity index (χ1v) is 7.86. The third-order valence-corrected chi connectivity index (χ3v) is 4.24. The number of methoxy groups -OCH3 is 1. The molecule has 1 amide bonds. The zero-order valence-electron chi connectivity index (χ0n) is 13.7. The van der Waals surface area contributed by atoms with Gasteiger partial charge in [0.2, 0.25) is 11.7 Å². The van der Waals surface area contributed by atoms with Crippen LogP contribution in [0.5, 0.6) is 0 Å². The van der Waals surface area contributed by atoms with Crippen molar-refractivity contribution in [3.05, 3.63) is 35.7 Å². The fraction of sp³-hybridized carbons (Fsp3) is 0.412. The van der Waals surface area contributed by atoms with Crippen LogP contribution in [0, 0.1) is 6.92 Å². The number of amides is 1. The van der Waals surface area contributed by atoms with Crippen molar-refractivity contribution in [2.24, 2.45) is 0 Å². The zero-order valence-corrected chi connectivity index (χ0v) is 13.7. The highest BCUT2D eigenvalue weighted by molar-refractivity contribution is 6.32. The average molecular weight is 329 g/mol. The van der Waals surface area contributed by atoms with E-state index in [0.717, 1.165) is 5.56 Å². The number of carbonyl (C=O) groups is 2. The normalized spacial score (nSPS) is 15.3. The molecule has 0 bridgehead atoms. The number of aryl methyl sites for hydroxylation is 1. The molecule has 126 valence electrons. The van der Waals surface area contributed by atoms with Gasteiger partial charge in [0.1, 0.15) is 0 Å². The summed E-state index contributed by atoms with van der Waals surface area (Å²) in [6.45, 7) is 2.97. The second kappa shape index (κ2) is 6.82. The maximum atomic E-state index is 11.8. The van der Waals surface area contributed by atoms with Crippen LogP contribution < -0.4 is 0 Å². The second-order valence-electron chi connectivity index (χ2n) is 5.88. The minimum absolute atomic E-state index is 0.0957. The lowest BCUT2D eigenvalue weighted by Crippen LogP contribution is -2.42. The van der Waals surface area contributed by atoms with E-state index in [-0.39, 0.29) is 5.92 Å². The van der Waals surface area contributed by atoms with Crippen LogP contribution in [0.15, 0.2) is 28.8 Å². The molecular weight excluding hydrogens is 310 g/mol. The number of carbonyl (C=O) groups excluding carboxylic acids is 2. The van der Waals surface area contributed by atoms with Crippen LogP contribution in [0.25, 0.3) is 11.4 Å². The van der Waals surface area contributed by atoms with Crippen LogP contribution in [-0.2, 0) is 14.3 Å². The van der Waals surface area contributed by atoms with Gasteiger partial charge in [-0.25, -0.2) is 4.79 Å². The van der Waals surface area contributed by atoms with Gasteiger partial charge in [-0.05, 0) is 19.8 Å². The van der Waals surface area contributed by atoms with Gasteiger partial charge in [-0.1, -0.05) is 35.0 Å². The first-order chi connectivity index (χ1) is 11.6. The summed E-state index contributed by atoms with van der Waals surface area (Å²) < 4.78 is 9.86. The molecule has 0 unspecified atom stereocenters. The first-order valence-electron chi connectivity index (χ1n) is 7.86. The van der Waals surface area contributed by atoms with Crippen molar-refractivity contribution < 1.29 is 18.8 Å². The number of hydrogen-bond donors (Lipinski definition) is 0. The maximum Gasteiger partial charge on any atom is 0.396 e. The summed E-state index contributed by atoms with van der Waals surface area (Å²) in [5.41, 5.74) is 2.08. The number of benzene rings is 1. The summed E-state index contributed by atoms with van der Waals surface area (Å²) in [4.78, 5) is 29.1. The highest BCUT2D eigenvalue weighted by Crippen LogP contribution is 2.28. The Balaban J connectivity index is 1.64. The van der Waals surface area contributed by atoms with Crippen LogP contribution >= 0.6 is 0 Å². The number of esters is 1. The maximum absolute atomic E-state index is 11.8. The first kappa shape index (κ1) is 16.2. The lowest BCUT2D eigenvalue weighted by molar-refractivity contribution is -0.158. The van der Waals surface area contributed by atoms with Crippen molar-refractivity contribution in [1.82, 2.24) is 15.0 Å². The minimum atomic E-state index is -0.826. The summed E-state index contributed by atoms with van der Waals surface area (Å²) in [5, 5.41) is 4.05. The van der Waals surface area contributed by atoms with Crippen LogP contribution in [0.1, 0.15) is 30.2 Å². The Morgan fingerprint density at radius 2 is 1.88 bits per heavy atom. The molecule has 7 heteroatoms. The molecule has 2 aromatic rings. The van der Waals surface area contributed by atoms with E-state index in [9.17, 15) is 9.59 Å². The fourth-order valence-electron chi connectivity index (χ4n) is 2.77. The van der Waals surface area contributed by atoms with Crippen molar-refractivity contribution in [3.63, 3.8) is 0 Å². The van der Waals surface area contributed by atoms with Gasteiger partial charge in [0, 0.05) is 24.6 Å². The van der Waals surface area contributed by atoms with Crippen molar-refractivity contribution >= 4 is 11.9 Å². The van der Waals surface area contributed by atoms with Gasteiger partial charge in [-0.2, -0.15) is 4.98 Å². The summed E-state index contributed by atoms with van der Waals surface area (Å²) in [6, 6.07) is 7.92. The Bertz CT molecular complexity index is 731. The average Bonchev–Trinajstić information content (AvgIpc) is 3.11. The summed E-state index contributed by atoms with van der Waals surface area (Å²) in [5.74, 6) is -0.179. The number of ether oxygens (including phenoxy) is 1. The predicted octanol–water partition coefficient (Wildman–Crippen LogP) is 1.92. The van der Waals surface area contributed by atoms with Gasteiger partial charge in [0.25, 0.3) is 0 Å². The number of aromatic nitrogens is 2. The third-order valence-electron chi connectivity index (χ3n) is 4.24. The van der Waals surface area contributed by atoms with Gasteiger partial charge in [-0.15, -0.1) is 0 Å². The molecule has 0 atom stereocenters. The van der Waals surface area contributed by atoms with Gasteiger partial charge in [-0.3, -0.25) is 4.79 Å². The van der Waals surface area contributed by atoms with E-state index in [1.807, 2.05) is 31.2 Å². The van der Waals surface area contributed by atoms with E-state index in [4.69, 9.17) is 4.52 Å². The van der Waals surface area contributed by atoms with Gasteiger partial charge in [0.15, 0.2) is 0 Å². The lowest BCUT2D eigenvalue weighted by Gasteiger charge is -2.29. The number of nitrogens with zero attached hydrogens (tertiary/aromatic N) is 3. The SMILES string of the molecule is COC(=O)C(=O)N1CCC(c2nc(-c3ccc(C)cc3)no2)CC1. The van der Waals surface area contributed by atoms with E-state index in [1.54, 1.807) is 0 Å². The summed E-state index contributed by atoms with van der Waals surface area (Å²) in [7, 11) is 1.21. The number of piperidine rings is 1. The largest absolute Gasteiger partial charge is 0.462 e. The highest BCUT2D eigenvalue weighted by atomic mass is 16.5. The molecule has 0 radical (unpaired) electrons. The van der Waals surface area contributed by atoms with Crippen LogP contribution in [0.2, 0.25) is 0 Å². The molecule has 3 rings (SSSR count). The topological polar surface area (TPSA) is 85.5 Å². The van der Waals surface area contributed by atoms with E-state index >= 15 is 0 Å². The Kier molecular flexibility index (Phi) is 4.59. The molecule has 0 saturated carbocycles. The molecule has 1 aromatic carbocycles. The smallest absolute Gasteiger partial charge is 0.396 e. The van der Waals surface area contributed by atoms with Crippen LogP contribution in [0.3, 0.4) is 0 Å². The van der Waals surface area contributed by atoms with Crippen molar-refractivity contribution in [2.75, 3.05) is 20.2 Å². The van der Waals surface area contributed by atoms with E-state index < -0.39 is 11.9 Å². The van der Waals surface area contributed by atoms with Crippen LogP contribution in [-0.4, -0.2) is 47.1 Å². The summed E-state index contributed by atoms with van der Waals surface area (Å²) >= 11 is 0. The molecule has 0 aliphatic carbocycles. The second-order valence-corrected chi connectivity index (χ2v) is 5.88. The van der Waals surface area contributed by atoms with Crippen molar-refractivity contribution in [2.45, 2.75) is 25.7 Å². The molecular formula is C17H19N3O4.